The first kappa shape index (κ1) is 20.3. The number of rotatable bonds is 6. The second kappa shape index (κ2) is 9.05. The number of carbonyl (C=O) groups excluding carboxylic acids is 2. The summed E-state index contributed by atoms with van der Waals surface area (Å²) in [7, 11) is 1.38. The molecule has 8 heteroatoms. The summed E-state index contributed by atoms with van der Waals surface area (Å²) in [6, 6.07) is 12.4. The SMILES string of the molecule is C[C@H](C(=O)O)N(C)C(=O)c1cc(Cl)cc(NC(=O)OCc2ccccc2)c1. The minimum Gasteiger partial charge on any atom is -0.480 e. The van der Waals surface area contributed by atoms with Gasteiger partial charge in [0.2, 0.25) is 0 Å². The molecule has 0 aliphatic heterocycles. The minimum absolute atomic E-state index is 0.0951. The van der Waals surface area contributed by atoms with Crippen molar-refractivity contribution in [2.24, 2.45) is 0 Å². The molecule has 2 aromatic carbocycles. The normalized spacial score (nSPS) is 11.4. The lowest BCUT2D eigenvalue weighted by atomic mass is 10.1. The lowest BCUT2D eigenvalue weighted by molar-refractivity contribution is -0.141. The van der Waals surface area contributed by atoms with Gasteiger partial charge in [0.1, 0.15) is 12.6 Å². The molecule has 0 unspecified atom stereocenters. The van der Waals surface area contributed by atoms with E-state index in [1.54, 1.807) is 0 Å². The Bertz CT molecular complexity index is 841. The Morgan fingerprint density at radius 1 is 1.19 bits per heavy atom. The fourth-order valence-corrected chi connectivity index (χ4v) is 2.44. The maximum Gasteiger partial charge on any atom is 0.411 e. The number of carboxylic acids is 1. The van der Waals surface area contributed by atoms with Crippen molar-refractivity contribution in [2.45, 2.75) is 19.6 Å². The van der Waals surface area contributed by atoms with E-state index in [0.29, 0.717) is 0 Å². The first-order valence-corrected chi connectivity index (χ1v) is 8.44. The molecule has 1 atom stereocenters. The third-order valence-electron chi connectivity index (χ3n) is 3.86. The van der Waals surface area contributed by atoms with Crippen LogP contribution in [0.4, 0.5) is 10.5 Å². The fourth-order valence-electron chi connectivity index (χ4n) is 2.21. The van der Waals surface area contributed by atoms with Crippen molar-refractivity contribution in [3.8, 4) is 0 Å². The summed E-state index contributed by atoms with van der Waals surface area (Å²) in [6.45, 7) is 1.49. The molecule has 0 saturated carbocycles. The number of hydrogen-bond donors (Lipinski definition) is 2. The van der Waals surface area contributed by atoms with Crippen LogP contribution in [0.25, 0.3) is 0 Å². The molecule has 7 nitrogen and oxygen atoms in total. The van der Waals surface area contributed by atoms with Crippen molar-refractivity contribution >= 4 is 35.3 Å². The van der Waals surface area contributed by atoms with E-state index >= 15 is 0 Å². The molecule has 2 rings (SSSR count). The van der Waals surface area contributed by atoms with E-state index in [9.17, 15) is 14.4 Å². The molecule has 0 aliphatic rings. The van der Waals surface area contributed by atoms with E-state index in [1.165, 1.54) is 32.2 Å². The summed E-state index contributed by atoms with van der Waals surface area (Å²) in [6.07, 6.45) is -0.702. The summed E-state index contributed by atoms with van der Waals surface area (Å²) in [5.74, 6) is -1.66. The molecule has 0 fully saturated rings. The van der Waals surface area contributed by atoms with Gasteiger partial charge in [-0.3, -0.25) is 10.1 Å². The lowest BCUT2D eigenvalue weighted by Gasteiger charge is -2.22. The quantitative estimate of drug-likeness (QED) is 0.785. The molecule has 142 valence electrons. The first-order chi connectivity index (χ1) is 12.8. The van der Waals surface area contributed by atoms with Gasteiger partial charge in [-0.25, -0.2) is 9.59 Å². The number of nitrogens with zero attached hydrogens (tertiary/aromatic N) is 1. The van der Waals surface area contributed by atoms with Crippen LogP contribution in [0.5, 0.6) is 0 Å². The molecule has 0 radical (unpaired) electrons. The second-order valence-corrected chi connectivity index (χ2v) is 6.28. The largest absolute Gasteiger partial charge is 0.480 e. The summed E-state index contributed by atoms with van der Waals surface area (Å²) in [4.78, 5) is 36.5. The zero-order valence-electron chi connectivity index (χ0n) is 14.8. The van der Waals surface area contributed by atoms with E-state index in [0.717, 1.165) is 10.5 Å². The molecule has 2 amide bonds. The highest BCUT2D eigenvalue weighted by molar-refractivity contribution is 6.31. The van der Waals surface area contributed by atoms with Gasteiger partial charge in [-0.05, 0) is 30.7 Å². The van der Waals surface area contributed by atoms with Crippen molar-refractivity contribution in [3.63, 3.8) is 0 Å². The highest BCUT2D eigenvalue weighted by Crippen LogP contribution is 2.21. The van der Waals surface area contributed by atoms with Crippen LogP contribution in [-0.4, -0.2) is 41.1 Å². The van der Waals surface area contributed by atoms with E-state index in [4.69, 9.17) is 21.4 Å². The van der Waals surface area contributed by atoms with Crippen LogP contribution >= 0.6 is 11.6 Å². The molecule has 0 spiro atoms. The van der Waals surface area contributed by atoms with Crippen LogP contribution in [0, 0.1) is 0 Å². The number of likely N-dealkylation sites (N-methyl/N-ethyl adjacent to an activating group) is 1. The predicted molar refractivity (Wildman–Crippen MR) is 101 cm³/mol. The molecular weight excluding hydrogens is 372 g/mol. The fraction of sp³-hybridized carbons (Fsp3) is 0.211. The maximum atomic E-state index is 12.5. The van der Waals surface area contributed by atoms with Gasteiger partial charge in [0.15, 0.2) is 0 Å². The number of carboxylic acid groups (broad SMARTS) is 1. The van der Waals surface area contributed by atoms with Gasteiger partial charge in [0.05, 0.1) is 0 Å². The van der Waals surface area contributed by atoms with E-state index in [-0.39, 0.29) is 22.9 Å². The van der Waals surface area contributed by atoms with Crippen LogP contribution in [0.3, 0.4) is 0 Å². The molecule has 2 aromatic rings. The maximum absolute atomic E-state index is 12.5. The Morgan fingerprint density at radius 3 is 2.48 bits per heavy atom. The molecule has 0 bridgehead atoms. The molecule has 0 aliphatic carbocycles. The van der Waals surface area contributed by atoms with Crippen molar-refractivity contribution in [2.75, 3.05) is 12.4 Å². The number of nitrogens with one attached hydrogen (secondary N) is 1. The van der Waals surface area contributed by atoms with Gasteiger partial charge in [0, 0.05) is 23.3 Å². The van der Waals surface area contributed by atoms with E-state index in [2.05, 4.69) is 5.32 Å². The number of aliphatic carboxylic acids is 1. The Labute approximate surface area is 161 Å². The Kier molecular flexibility index (Phi) is 6.79. The van der Waals surface area contributed by atoms with Crippen molar-refractivity contribution in [3.05, 3.63) is 64.7 Å². The third-order valence-corrected chi connectivity index (χ3v) is 4.08. The van der Waals surface area contributed by atoms with E-state index in [1.807, 2.05) is 30.3 Å². The summed E-state index contributed by atoms with van der Waals surface area (Å²) >= 11 is 6.02. The predicted octanol–water partition coefficient (Wildman–Crippen LogP) is 3.63. The molecular formula is C19H19ClN2O5. The smallest absolute Gasteiger partial charge is 0.411 e. The molecule has 27 heavy (non-hydrogen) atoms. The number of anilines is 1. The Hall–Kier alpha value is -3.06. The van der Waals surface area contributed by atoms with Gasteiger partial charge in [-0.15, -0.1) is 0 Å². The van der Waals surface area contributed by atoms with Gasteiger partial charge in [-0.2, -0.15) is 0 Å². The zero-order chi connectivity index (χ0) is 20.0. The van der Waals surface area contributed by atoms with E-state index < -0.39 is 24.0 Å². The van der Waals surface area contributed by atoms with Crippen LogP contribution in [0.1, 0.15) is 22.8 Å². The Balaban J connectivity index is 2.06. The topological polar surface area (TPSA) is 95.9 Å². The van der Waals surface area contributed by atoms with Crippen LogP contribution in [0.15, 0.2) is 48.5 Å². The number of carbonyl (C=O) groups is 3. The second-order valence-electron chi connectivity index (χ2n) is 5.85. The minimum atomic E-state index is -1.13. The van der Waals surface area contributed by atoms with Gasteiger partial charge < -0.3 is 14.7 Å². The number of amides is 2. The van der Waals surface area contributed by atoms with Gasteiger partial charge in [0.25, 0.3) is 5.91 Å². The summed E-state index contributed by atoms with van der Waals surface area (Å²) in [5, 5.41) is 11.8. The van der Waals surface area contributed by atoms with Crippen LogP contribution in [-0.2, 0) is 16.1 Å². The number of hydrogen-bond acceptors (Lipinski definition) is 4. The Morgan fingerprint density at radius 2 is 1.85 bits per heavy atom. The van der Waals surface area contributed by atoms with Gasteiger partial charge in [-0.1, -0.05) is 41.9 Å². The van der Waals surface area contributed by atoms with Gasteiger partial charge >= 0.3 is 12.1 Å². The lowest BCUT2D eigenvalue weighted by Crippen LogP contribution is -2.40. The standard InChI is InChI=1S/C19H19ClN2O5/c1-12(18(24)25)22(2)17(23)14-8-15(20)10-16(9-14)21-19(26)27-11-13-6-4-3-5-7-13/h3-10,12H,11H2,1-2H3,(H,21,26)(H,24,25)/t12-/m1/s1. The van der Waals surface area contributed by atoms with Crippen molar-refractivity contribution < 1.29 is 24.2 Å². The van der Waals surface area contributed by atoms with Crippen molar-refractivity contribution in [1.82, 2.24) is 4.90 Å². The number of halogens is 1. The molecule has 2 N–H and O–H groups in total. The number of benzene rings is 2. The molecule has 0 heterocycles. The highest BCUT2D eigenvalue weighted by Gasteiger charge is 2.23. The monoisotopic (exact) mass is 390 g/mol. The number of ether oxygens (including phenoxy) is 1. The first-order valence-electron chi connectivity index (χ1n) is 8.06. The third kappa shape index (κ3) is 5.72. The average Bonchev–Trinajstić information content (AvgIpc) is 2.64. The van der Waals surface area contributed by atoms with Crippen molar-refractivity contribution in [1.29, 1.82) is 0 Å². The zero-order valence-corrected chi connectivity index (χ0v) is 15.6. The molecule has 0 aromatic heterocycles. The summed E-state index contributed by atoms with van der Waals surface area (Å²) < 4.78 is 5.12. The average molecular weight is 391 g/mol. The van der Waals surface area contributed by atoms with Crippen LogP contribution < -0.4 is 5.32 Å². The highest BCUT2D eigenvalue weighted by atomic mass is 35.5. The molecule has 0 saturated heterocycles. The summed E-state index contributed by atoms with van der Waals surface area (Å²) in [5.41, 5.74) is 1.25. The van der Waals surface area contributed by atoms with Crippen LogP contribution in [0.2, 0.25) is 5.02 Å².